The standard InChI is InChI=1S/C13H15ClN2S/c1-2-5-10-6-3-4-7-11(10)15-9-13-16-8-12(14)17-13/h3-4,6-8,15H,2,5,9H2,1H3. The van der Waals surface area contributed by atoms with Gasteiger partial charge >= 0.3 is 0 Å². The lowest BCUT2D eigenvalue weighted by Crippen LogP contribution is -2.01. The SMILES string of the molecule is CCCc1ccccc1NCc1ncc(Cl)s1. The van der Waals surface area contributed by atoms with Crippen molar-refractivity contribution in [3.63, 3.8) is 0 Å². The van der Waals surface area contributed by atoms with E-state index in [0.29, 0.717) is 0 Å². The van der Waals surface area contributed by atoms with Crippen molar-refractivity contribution >= 4 is 28.6 Å². The summed E-state index contributed by atoms with van der Waals surface area (Å²) in [6, 6.07) is 8.41. The van der Waals surface area contributed by atoms with Crippen LogP contribution >= 0.6 is 22.9 Å². The van der Waals surface area contributed by atoms with Crippen LogP contribution in [-0.2, 0) is 13.0 Å². The van der Waals surface area contributed by atoms with E-state index in [9.17, 15) is 0 Å². The molecule has 0 aliphatic heterocycles. The molecule has 0 aliphatic rings. The number of aromatic nitrogens is 1. The van der Waals surface area contributed by atoms with Crippen LogP contribution in [0.5, 0.6) is 0 Å². The average Bonchev–Trinajstić information content (AvgIpc) is 2.74. The Morgan fingerprint density at radius 1 is 1.35 bits per heavy atom. The number of anilines is 1. The fraction of sp³-hybridized carbons (Fsp3) is 0.308. The fourth-order valence-corrected chi connectivity index (χ4v) is 2.62. The van der Waals surface area contributed by atoms with E-state index in [-0.39, 0.29) is 0 Å². The molecule has 0 unspecified atom stereocenters. The molecule has 0 aliphatic carbocycles. The van der Waals surface area contributed by atoms with Crippen LogP contribution in [0.4, 0.5) is 5.69 Å². The Bertz CT molecular complexity index is 482. The molecule has 0 saturated heterocycles. The van der Waals surface area contributed by atoms with Crippen LogP contribution in [-0.4, -0.2) is 4.98 Å². The van der Waals surface area contributed by atoms with Gasteiger partial charge in [-0.25, -0.2) is 4.98 Å². The number of hydrogen-bond donors (Lipinski definition) is 1. The third kappa shape index (κ3) is 3.45. The van der Waals surface area contributed by atoms with Gasteiger partial charge in [-0.3, -0.25) is 0 Å². The predicted octanol–water partition coefficient (Wildman–Crippen LogP) is 4.36. The van der Waals surface area contributed by atoms with Gasteiger partial charge in [0.15, 0.2) is 0 Å². The van der Waals surface area contributed by atoms with Crippen LogP contribution < -0.4 is 5.32 Å². The van der Waals surface area contributed by atoms with Gasteiger partial charge in [-0.2, -0.15) is 0 Å². The van der Waals surface area contributed by atoms with E-state index in [0.717, 1.165) is 28.7 Å². The first kappa shape index (κ1) is 12.4. The van der Waals surface area contributed by atoms with Gasteiger partial charge in [0.25, 0.3) is 0 Å². The highest BCUT2D eigenvalue weighted by atomic mass is 35.5. The first-order valence-corrected chi connectivity index (χ1v) is 6.91. The number of rotatable bonds is 5. The molecule has 2 aromatic rings. The lowest BCUT2D eigenvalue weighted by Gasteiger charge is -2.09. The Morgan fingerprint density at radius 2 is 2.18 bits per heavy atom. The normalized spacial score (nSPS) is 10.5. The molecule has 1 aromatic heterocycles. The van der Waals surface area contributed by atoms with Crippen LogP contribution in [0.2, 0.25) is 4.34 Å². The van der Waals surface area contributed by atoms with Crippen molar-refractivity contribution in [2.75, 3.05) is 5.32 Å². The van der Waals surface area contributed by atoms with Crippen LogP contribution in [0.25, 0.3) is 0 Å². The van der Waals surface area contributed by atoms with Gasteiger partial charge in [0.05, 0.1) is 12.7 Å². The smallest absolute Gasteiger partial charge is 0.113 e. The van der Waals surface area contributed by atoms with E-state index < -0.39 is 0 Å². The van der Waals surface area contributed by atoms with Crippen LogP contribution in [0.1, 0.15) is 23.9 Å². The summed E-state index contributed by atoms with van der Waals surface area (Å²) in [6.07, 6.45) is 3.95. The Hall–Kier alpha value is -1.06. The number of nitrogens with zero attached hydrogens (tertiary/aromatic N) is 1. The number of nitrogens with one attached hydrogen (secondary N) is 1. The molecule has 0 fully saturated rings. The van der Waals surface area contributed by atoms with E-state index in [1.807, 2.05) is 0 Å². The summed E-state index contributed by atoms with van der Waals surface area (Å²) in [5.41, 5.74) is 2.55. The highest BCUT2D eigenvalue weighted by Gasteiger charge is 2.03. The summed E-state index contributed by atoms with van der Waals surface area (Å²) < 4.78 is 0.739. The highest BCUT2D eigenvalue weighted by molar-refractivity contribution is 7.15. The number of benzene rings is 1. The van der Waals surface area contributed by atoms with Crippen LogP contribution in [0, 0.1) is 0 Å². The fourth-order valence-electron chi connectivity index (χ4n) is 1.72. The maximum atomic E-state index is 5.85. The minimum atomic E-state index is 0.734. The highest BCUT2D eigenvalue weighted by Crippen LogP contribution is 2.21. The molecular weight excluding hydrogens is 252 g/mol. The molecule has 1 aromatic carbocycles. The summed E-state index contributed by atoms with van der Waals surface area (Å²) in [6.45, 7) is 2.93. The number of halogens is 1. The first-order valence-electron chi connectivity index (χ1n) is 5.71. The summed E-state index contributed by atoms with van der Waals surface area (Å²) in [7, 11) is 0. The number of para-hydroxylation sites is 1. The molecule has 17 heavy (non-hydrogen) atoms. The van der Waals surface area contributed by atoms with Crippen LogP contribution in [0.3, 0.4) is 0 Å². The average molecular weight is 267 g/mol. The molecule has 0 radical (unpaired) electrons. The molecule has 1 heterocycles. The zero-order chi connectivity index (χ0) is 12.1. The maximum Gasteiger partial charge on any atom is 0.113 e. The van der Waals surface area contributed by atoms with Gasteiger partial charge in [-0.05, 0) is 18.1 Å². The number of hydrogen-bond acceptors (Lipinski definition) is 3. The molecule has 0 atom stereocenters. The molecule has 1 N–H and O–H groups in total. The Labute approximate surface area is 111 Å². The van der Waals surface area contributed by atoms with Gasteiger partial charge in [0.2, 0.25) is 0 Å². The topological polar surface area (TPSA) is 24.9 Å². The first-order chi connectivity index (χ1) is 8.29. The molecule has 90 valence electrons. The molecular formula is C13H15ClN2S. The summed E-state index contributed by atoms with van der Waals surface area (Å²) >= 11 is 7.37. The number of thiazole rings is 1. The zero-order valence-electron chi connectivity index (χ0n) is 9.74. The molecule has 2 nitrogen and oxygen atoms in total. The Morgan fingerprint density at radius 3 is 2.88 bits per heavy atom. The third-order valence-electron chi connectivity index (χ3n) is 2.49. The summed E-state index contributed by atoms with van der Waals surface area (Å²) in [5.74, 6) is 0. The second kappa shape index (κ2) is 6.03. The second-order valence-electron chi connectivity index (χ2n) is 3.82. The summed E-state index contributed by atoms with van der Waals surface area (Å²) in [5, 5.41) is 4.43. The second-order valence-corrected chi connectivity index (χ2v) is 5.57. The monoisotopic (exact) mass is 266 g/mol. The van der Waals surface area contributed by atoms with Crippen molar-refractivity contribution in [1.29, 1.82) is 0 Å². The van der Waals surface area contributed by atoms with E-state index in [4.69, 9.17) is 11.6 Å². The predicted molar refractivity (Wildman–Crippen MR) is 74.9 cm³/mol. The van der Waals surface area contributed by atoms with E-state index >= 15 is 0 Å². The van der Waals surface area contributed by atoms with Crippen LogP contribution in [0.15, 0.2) is 30.5 Å². The minimum Gasteiger partial charge on any atom is -0.378 e. The number of aryl methyl sites for hydroxylation is 1. The van der Waals surface area contributed by atoms with Crippen molar-refractivity contribution in [2.24, 2.45) is 0 Å². The van der Waals surface area contributed by atoms with Crippen molar-refractivity contribution in [2.45, 2.75) is 26.3 Å². The largest absolute Gasteiger partial charge is 0.378 e. The van der Waals surface area contributed by atoms with Crippen molar-refractivity contribution in [3.05, 3.63) is 45.4 Å². The third-order valence-corrected chi connectivity index (χ3v) is 3.61. The van der Waals surface area contributed by atoms with Gasteiger partial charge < -0.3 is 5.32 Å². The molecule has 2 rings (SSSR count). The minimum absolute atomic E-state index is 0.734. The molecule has 0 spiro atoms. The maximum absolute atomic E-state index is 5.85. The van der Waals surface area contributed by atoms with E-state index in [1.165, 1.54) is 22.6 Å². The van der Waals surface area contributed by atoms with Crippen molar-refractivity contribution in [1.82, 2.24) is 4.98 Å². The van der Waals surface area contributed by atoms with Gasteiger partial charge in [0, 0.05) is 5.69 Å². The Kier molecular flexibility index (Phi) is 4.40. The van der Waals surface area contributed by atoms with E-state index in [1.54, 1.807) is 6.20 Å². The lowest BCUT2D eigenvalue weighted by molar-refractivity contribution is 0.919. The van der Waals surface area contributed by atoms with Crippen molar-refractivity contribution < 1.29 is 0 Å². The zero-order valence-corrected chi connectivity index (χ0v) is 11.3. The quantitative estimate of drug-likeness (QED) is 0.870. The van der Waals surface area contributed by atoms with Crippen molar-refractivity contribution in [3.8, 4) is 0 Å². The molecule has 0 saturated carbocycles. The van der Waals surface area contributed by atoms with Gasteiger partial charge in [0.1, 0.15) is 9.34 Å². The summed E-state index contributed by atoms with van der Waals surface area (Å²) in [4.78, 5) is 4.23. The molecule has 0 bridgehead atoms. The molecule has 4 heteroatoms. The lowest BCUT2D eigenvalue weighted by atomic mass is 10.1. The van der Waals surface area contributed by atoms with Gasteiger partial charge in [-0.1, -0.05) is 43.1 Å². The van der Waals surface area contributed by atoms with Gasteiger partial charge in [-0.15, -0.1) is 11.3 Å². The Balaban J connectivity index is 2.03. The molecule has 0 amide bonds. The van der Waals surface area contributed by atoms with E-state index in [2.05, 4.69) is 41.5 Å².